The molecule has 0 radical (unpaired) electrons. The maximum atomic E-state index is 12.8. The molecular formula is C26H36ClN5O2S3. The van der Waals surface area contributed by atoms with Crippen molar-refractivity contribution in [2.45, 2.75) is 66.5 Å². The van der Waals surface area contributed by atoms with Crippen molar-refractivity contribution in [1.29, 1.82) is 0 Å². The molecule has 4 rings (SSSR count). The molecule has 0 bridgehead atoms. The first-order chi connectivity index (χ1) is 17.6. The van der Waals surface area contributed by atoms with Gasteiger partial charge in [-0.15, -0.1) is 23.1 Å². The van der Waals surface area contributed by atoms with Gasteiger partial charge in [-0.25, -0.2) is 13.4 Å². The number of anilines is 2. The van der Waals surface area contributed by atoms with Gasteiger partial charge in [-0.1, -0.05) is 23.7 Å². The predicted molar refractivity (Wildman–Crippen MR) is 158 cm³/mol. The summed E-state index contributed by atoms with van der Waals surface area (Å²) in [6.45, 7) is 4.87. The standard InChI is InChI=1S/C26H36ClN5O2S3/c1-16(2)37(33,34)23-22(27)21(36-25(23)35-5)15-28-14-17-10-12-18(13-11-17)29-26-30-20-9-7-6-8-19(20)24(31-26)32(3)4/h6-9,16-18,28H,10-15H2,1-5H3,(H,29,30,31). The second kappa shape index (κ2) is 12.1. The third-order valence-electron chi connectivity index (χ3n) is 6.84. The van der Waals surface area contributed by atoms with E-state index in [4.69, 9.17) is 21.6 Å². The lowest BCUT2D eigenvalue weighted by Gasteiger charge is -2.29. The lowest BCUT2D eigenvalue weighted by molar-refractivity contribution is 0.324. The number of sulfone groups is 1. The van der Waals surface area contributed by atoms with Crippen LogP contribution in [0, 0.1) is 5.92 Å². The summed E-state index contributed by atoms with van der Waals surface area (Å²) in [6, 6.07) is 8.46. The van der Waals surface area contributed by atoms with Crippen molar-refractivity contribution in [2.75, 3.05) is 37.1 Å². The molecular weight excluding hydrogens is 546 g/mol. The van der Waals surface area contributed by atoms with Gasteiger partial charge in [0, 0.05) is 36.9 Å². The average molecular weight is 582 g/mol. The molecule has 3 aromatic rings. The number of thioether (sulfide) groups is 1. The van der Waals surface area contributed by atoms with Gasteiger partial charge >= 0.3 is 0 Å². The lowest BCUT2D eigenvalue weighted by atomic mass is 9.86. The van der Waals surface area contributed by atoms with Crippen molar-refractivity contribution in [3.8, 4) is 0 Å². The predicted octanol–water partition coefficient (Wildman–Crippen LogP) is 6.08. The summed E-state index contributed by atoms with van der Waals surface area (Å²) >= 11 is 9.51. The molecule has 37 heavy (non-hydrogen) atoms. The van der Waals surface area contributed by atoms with Crippen molar-refractivity contribution in [1.82, 2.24) is 15.3 Å². The molecule has 0 unspecified atom stereocenters. The lowest BCUT2D eigenvalue weighted by Crippen LogP contribution is -2.31. The van der Waals surface area contributed by atoms with Gasteiger partial charge in [0.25, 0.3) is 0 Å². The van der Waals surface area contributed by atoms with E-state index in [1.165, 1.54) is 23.1 Å². The third-order valence-corrected chi connectivity index (χ3v) is 12.3. The molecule has 0 amide bonds. The summed E-state index contributed by atoms with van der Waals surface area (Å²) in [5, 5.41) is 8.05. The maximum absolute atomic E-state index is 12.8. The monoisotopic (exact) mass is 581 g/mol. The van der Waals surface area contributed by atoms with Gasteiger partial charge in [0.2, 0.25) is 5.95 Å². The molecule has 1 aliphatic carbocycles. The topological polar surface area (TPSA) is 87.2 Å². The highest BCUT2D eigenvalue weighted by atomic mass is 35.5. The highest BCUT2D eigenvalue weighted by molar-refractivity contribution is 8.01. The second-order valence-electron chi connectivity index (χ2n) is 10.0. The molecule has 1 fully saturated rings. The van der Waals surface area contributed by atoms with Crippen LogP contribution in [0.2, 0.25) is 5.02 Å². The van der Waals surface area contributed by atoms with Crippen LogP contribution in [-0.2, 0) is 16.4 Å². The van der Waals surface area contributed by atoms with E-state index in [1.807, 2.05) is 43.5 Å². The van der Waals surface area contributed by atoms with E-state index in [9.17, 15) is 8.42 Å². The Morgan fingerprint density at radius 3 is 2.51 bits per heavy atom. The molecule has 2 aromatic heterocycles. The zero-order valence-electron chi connectivity index (χ0n) is 22.0. The fraction of sp³-hybridized carbons (Fsp3) is 0.538. The first kappa shape index (κ1) is 28.4. The summed E-state index contributed by atoms with van der Waals surface area (Å²) in [6.07, 6.45) is 6.25. The highest BCUT2D eigenvalue weighted by Gasteiger charge is 2.30. The largest absolute Gasteiger partial charge is 0.362 e. The zero-order chi connectivity index (χ0) is 26.7. The Morgan fingerprint density at radius 2 is 1.86 bits per heavy atom. The van der Waals surface area contributed by atoms with E-state index in [-0.39, 0.29) is 0 Å². The van der Waals surface area contributed by atoms with E-state index < -0.39 is 15.1 Å². The van der Waals surface area contributed by atoms with E-state index in [2.05, 4.69) is 16.7 Å². The van der Waals surface area contributed by atoms with E-state index in [1.54, 1.807) is 13.8 Å². The fourth-order valence-corrected chi connectivity index (χ4v) is 9.32. The van der Waals surface area contributed by atoms with Gasteiger partial charge in [0.1, 0.15) is 10.7 Å². The summed E-state index contributed by atoms with van der Waals surface area (Å²) in [7, 11) is 0.595. The minimum absolute atomic E-state index is 0.304. The van der Waals surface area contributed by atoms with Crippen LogP contribution in [-0.4, -0.2) is 56.6 Å². The van der Waals surface area contributed by atoms with Gasteiger partial charge in [-0.3, -0.25) is 0 Å². The SMILES string of the molecule is CSc1sc(CNCC2CCC(Nc3nc(N(C)C)c4ccccc4n3)CC2)c(Cl)c1S(=O)(=O)C(C)C. The first-order valence-corrected chi connectivity index (χ1v) is 16.6. The Balaban J connectivity index is 1.32. The van der Waals surface area contributed by atoms with Gasteiger partial charge in [0.15, 0.2) is 9.84 Å². The Bertz CT molecular complexity index is 1340. The van der Waals surface area contributed by atoms with Crippen molar-refractivity contribution in [2.24, 2.45) is 5.92 Å². The molecule has 0 aliphatic heterocycles. The number of para-hydroxylation sites is 1. The third kappa shape index (κ3) is 6.36. The number of halogens is 1. The molecule has 2 heterocycles. The van der Waals surface area contributed by atoms with Crippen LogP contribution in [0.4, 0.5) is 11.8 Å². The summed E-state index contributed by atoms with van der Waals surface area (Å²) < 4.78 is 26.4. The molecule has 0 saturated heterocycles. The normalized spacial score (nSPS) is 18.5. The Labute approximate surface area is 233 Å². The van der Waals surface area contributed by atoms with Gasteiger partial charge < -0.3 is 15.5 Å². The van der Waals surface area contributed by atoms with Crippen molar-refractivity contribution < 1.29 is 8.42 Å². The van der Waals surface area contributed by atoms with Crippen LogP contribution in [0.25, 0.3) is 10.9 Å². The summed E-state index contributed by atoms with van der Waals surface area (Å²) in [4.78, 5) is 12.8. The molecule has 1 saturated carbocycles. The number of aromatic nitrogens is 2. The van der Waals surface area contributed by atoms with Crippen molar-refractivity contribution in [3.05, 3.63) is 34.2 Å². The molecule has 1 aliphatic rings. The van der Waals surface area contributed by atoms with E-state index in [0.717, 1.165) is 58.0 Å². The Kier molecular flexibility index (Phi) is 9.27. The molecule has 202 valence electrons. The minimum Gasteiger partial charge on any atom is -0.362 e. The molecule has 1 aromatic carbocycles. The number of thiophene rings is 1. The second-order valence-corrected chi connectivity index (χ2v) is 15.0. The minimum atomic E-state index is -3.42. The fourth-order valence-electron chi connectivity index (χ4n) is 4.69. The van der Waals surface area contributed by atoms with Gasteiger partial charge in [-0.05, 0) is 70.4 Å². The van der Waals surface area contributed by atoms with Crippen LogP contribution < -0.4 is 15.5 Å². The molecule has 7 nitrogen and oxygen atoms in total. The van der Waals surface area contributed by atoms with E-state index in [0.29, 0.717) is 34.4 Å². The maximum Gasteiger partial charge on any atom is 0.225 e. The Morgan fingerprint density at radius 1 is 1.16 bits per heavy atom. The van der Waals surface area contributed by atoms with Crippen LogP contribution in [0.3, 0.4) is 0 Å². The quantitative estimate of drug-likeness (QED) is 0.279. The van der Waals surface area contributed by atoms with Crippen LogP contribution in [0.5, 0.6) is 0 Å². The van der Waals surface area contributed by atoms with Crippen LogP contribution in [0.15, 0.2) is 33.4 Å². The number of fused-ring (bicyclic) bond motifs is 1. The van der Waals surface area contributed by atoms with Gasteiger partial charge in [-0.2, -0.15) is 4.98 Å². The van der Waals surface area contributed by atoms with Crippen molar-refractivity contribution >= 4 is 67.2 Å². The van der Waals surface area contributed by atoms with Crippen LogP contribution in [0.1, 0.15) is 44.4 Å². The molecule has 11 heteroatoms. The zero-order valence-corrected chi connectivity index (χ0v) is 25.3. The number of nitrogens with one attached hydrogen (secondary N) is 2. The summed E-state index contributed by atoms with van der Waals surface area (Å²) in [5.41, 5.74) is 0.947. The molecule has 0 atom stereocenters. The number of benzene rings is 1. The first-order valence-electron chi connectivity index (χ1n) is 12.6. The van der Waals surface area contributed by atoms with Gasteiger partial charge in [0.05, 0.1) is 20.0 Å². The molecule has 2 N–H and O–H groups in total. The summed E-state index contributed by atoms with van der Waals surface area (Å²) in [5.74, 6) is 2.19. The average Bonchev–Trinajstić information content (AvgIpc) is 3.20. The Hall–Kier alpha value is -1.59. The van der Waals surface area contributed by atoms with Crippen molar-refractivity contribution in [3.63, 3.8) is 0 Å². The van der Waals surface area contributed by atoms with Crippen LogP contribution >= 0.6 is 34.7 Å². The van der Waals surface area contributed by atoms with E-state index >= 15 is 0 Å². The number of nitrogens with zero attached hydrogens (tertiary/aromatic N) is 3. The number of hydrogen-bond acceptors (Lipinski definition) is 9. The smallest absolute Gasteiger partial charge is 0.225 e. The highest BCUT2D eigenvalue weighted by Crippen LogP contribution is 2.43. The number of rotatable bonds is 10. The molecule has 0 spiro atoms. The number of hydrogen-bond donors (Lipinski definition) is 2.